The standard InChI is InChI=1S/C30H43NO5/c1-17-7-5-9-29(3)13-25-19(11-23(17)29)21(27(32)35-25)15-31(34)16-22-20-12-24-18(2)8-6-10-30(24,4)14-26(20)36-28(22)33/h19-26,34H,1-2,5-16H2,3-4H3/t19-,20-,21-,22+,23-,24+,25+,26-,29-,30+/m1/s1. The van der Waals surface area contributed by atoms with E-state index in [1.165, 1.54) is 16.2 Å². The molecule has 0 bridgehead atoms. The van der Waals surface area contributed by atoms with E-state index in [0.29, 0.717) is 11.8 Å². The van der Waals surface area contributed by atoms with E-state index in [1.54, 1.807) is 0 Å². The second-order valence-electron chi connectivity index (χ2n) is 13.7. The molecular weight excluding hydrogens is 454 g/mol. The van der Waals surface area contributed by atoms with Crippen LogP contribution in [0.1, 0.15) is 78.1 Å². The Bertz CT molecular complexity index is 900. The van der Waals surface area contributed by atoms with E-state index < -0.39 is 0 Å². The number of hydroxylamine groups is 2. The highest BCUT2D eigenvalue weighted by Gasteiger charge is 2.57. The quantitative estimate of drug-likeness (QED) is 0.322. The van der Waals surface area contributed by atoms with Gasteiger partial charge < -0.3 is 14.7 Å². The van der Waals surface area contributed by atoms with Gasteiger partial charge in [0.1, 0.15) is 12.2 Å². The smallest absolute Gasteiger partial charge is 0.311 e. The van der Waals surface area contributed by atoms with E-state index in [0.717, 1.165) is 64.2 Å². The zero-order valence-corrected chi connectivity index (χ0v) is 22.0. The summed E-state index contributed by atoms with van der Waals surface area (Å²) in [6.45, 7) is 13.8. The molecule has 0 radical (unpaired) electrons. The summed E-state index contributed by atoms with van der Waals surface area (Å²) in [5.74, 6) is -0.0784. The summed E-state index contributed by atoms with van der Waals surface area (Å²) >= 11 is 0. The molecule has 1 N–H and O–H groups in total. The van der Waals surface area contributed by atoms with Crippen LogP contribution in [0.4, 0.5) is 0 Å². The number of allylic oxidation sites excluding steroid dienone is 2. The number of ether oxygens (including phenoxy) is 2. The average Bonchev–Trinajstić information content (AvgIpc) is 3.25. The highest BCUT2D eigenvalue weighted by atomic mass is 16.6. The van der Waals surface area contributed by atoms with Gasteiger partial charge in [-0.2, -0.15) is 5.06 Å². The zero-order chi connectivity index (χ0) is 25.4. The van der Waals surface area contributed by atoms with Crippen molar-refractivity contribution >= 4 is 11.9 Å². The first kappa shape index (κ1) is 24.7. The second-order valence-corrected chi connectivity index (χ2v) is 13.7. The van der Waals surface area contributed by atoms with Gasteiger partial charge in [0, 0.05) is 24.9 Å². The topological polar surface area (TPSA) is 76.1 Å². The van der Waals surface area contributed by atoms with E-state index in [9.17, 15) is 14.8 Å². The van der Waals surface area contributed by atoms with Crippen LogP contribution in [-0.2, 0) is 19.1 Å². The lowest BCUT2D eigenvalue weighted by Gasteiger charge is -2.50. The summed E-state index contributed by atoms with van der Waals surface area (Å²) in [7, 11) is 0. The number of nitrogens with zero attached hydrogens (tertiary/aromatic N) is 1. The van der Waals surface area contributed by atoms with Gasteiger partial charge in [-0.25, -0.2) is 0 Å². The molecule has 36 heavy (non-hydrogen) atoms. The Kier molecular flexibility index (Phi) is 5.95. The number of hydrogen-bond acceptors (Lipinski definition) is 6. The molecule has 0 aromatic carbocycles. The fourth-order valence-electron chi connectivity index (χ4n) is 9.46. The predicted molar refractivity (Wildman–Crippen MR) is 135 cm³/mol. The van der Waals surface area contributed by atoms with E-state index in [4.69, 9.17) is 9.47 Å². The maximum Gasteiger partial charge on any atom is 0.311 e. The van der Waals surface area contributed by atoms with E-state index in [2.05, 4.69) is 27.0 Å². The molecule has 6 aliphatic rings. The Morgan fingerprint density at radius 2 is 1.25 bits per heavy atom. The van der Waals surface area contributed by atoms with Crippen LogP contribution in [0.15, 0.2) is 24.3 Å². The summed E-state index contributed by atoms with van der Waals surface area (Å²) in [6.07, 6.45) is 10.2. The Morgan fingerprint density at radius 3 is 1.67 bits per heavy atom. The first-order chi connectivity index (χ1) is 17.1. The normalized spacial score (nSPS) is 48.1. The van der Waals surface area contributed by atoms with Gasteiger partial charge in [-0.1, -0.05) is 38.2 Å². The Balaban J connectivity index is 1.13. The first-order valence-corrected chi connectivity index (χ1v) is 14.3. The molecule has 0 aromatic rings. The number of carbonyl (C=O) groups excluding carboxylic acids is 2. The second kappa shape index (κ2) is 8.69. The van der Waals surface area contributed by atoms with Gasteiger partial charge in [0.15, 0.2) is 0 Å². The highest BCUT2D eigenvalue weighted by molar-refractivity contribution is 5.76. The van der Waals surface area contributed by atoms with Crippen molar-refractivity contribution in [3.05, 3.63) is 24.3 Å². The van der Waals surface area contributed by atoms with Gasteiger partial charge >= 0.3 is 11.9 Å². The van der Waals surface area contributed by atoms with Crippen molar-refractivity contribution in [3.8, 4) is 0 Å². The summed E-state index contributed by atoms with van der Waals surface area (Å²) in [4.78, 5) is 25.9. The van der Waals surface area contributed by atoms with Crippen molar-refractivity contribution in [2.24, 2.45) is 46.3 Å². The van der Waals surface area contributed by atoms with Crippen LogP contribution in [0, 0.1) is 46.3 Å². The molecule has 6 rings (SSSR count). The Morgan fingerprint density at radius 1 is 0.833 bits per heavy atom. The van der Waals surface area contributed by atoms with Crippen LogP contribution in [0.2, 0.25) is 0 Å². The lowest BCUT2D eigenvalue weighted by molar-refractivity contribution is -0.155. The molecule has 6 fully saturated rings. The average molecular weight is 498 g/mol. The van der Waals surface area contributed by atoms with Gasteiger partial charge in [0.25, 0.3) is 0 Å². The van der Waals surface area contributed by atoms with Gasteiger partial charge in [-0.15, -0.1) is 0 Å². The van der Waals surface area contributed by atoms with Crippen LogP contribution in [0.5, 0.6) is 0 Å². The molecular formula is C30H43NO5. The monoisotopic (exact) mass is 497 g/mol. The van der Waals surface area contributed by atoms with Gasteiger partial charge in [0.2, 0.25) is 0 Å². The summed E-state index contributed by atoms with van der Waals surface area (Å²) in [6, 6.07) is 0. The third-order valence-corrected chi connectivity index (χ3v) is 11.5. The Labute approximate surface area is 215 Å². The van der Waals surface area contributed by atoms with Crippen molar-refractivity contribution in [3.63, 3.8) is 0 Å². The summed E-state index contributed by atoms with van der Waals surface area (Å²) < 4.78 is 11.8. The third kappa shape index (κ3) is 3.89. The van der Waals surface area contributed by atoms with E-state index in [-0.39, 0.29) is 71.7 Å². The fourth-order valence-corrected chi connectivity index (χ4v) is 9.46. The van der Waals surface area contributed by atoms with Crippen LogP contribution in [0.25, 0.3) is 0 Å². The van der Waals surface area contributed by atoms with Gasteiger partial charge in [-0.05, 0) is 86.9 Å². The number of hydrogen-bond donors (Lipinski definition) is 1. The first-order valence-electron chi connectivity index (χ1n) is 14.3. The minimum absolute atomic E-state index is 0.0720. The molecule has 198 valence electrons. The molecule has 2 aliphatic heterocycles. The van der Waals surface area contributed by atoms with Gasteiger partial charge in [-0.3, -0.25) is 9.59 Å². The molecule has 0 aromatic heterocycles. The maximum absolute atomic E-state index is 12.9. The highest BCUT2D eigenvalue weighted by Crippen LogP contribution is 2.58. The van der Waals surface area contributed by atoms with Crippen molar-refractivity contribution in [2.75, 3.05) is 13.1 Å². The van der Waals surface area contributed by atoms with Crippen LogP contribution in [-0.4, -0.2) is 47.5 Å². The molecule has 6 nitrogen and oxygen atoms in total. The fraction of sp³-hybridized carbons (Fsp3) is 0.800. The number of esters is 2. The SMILES string of the molecule is C=C1CCC[C@]2(C)C[C@@H]3OC(=O)[C@H](CN(O)C[C@@H]4C(=O)O[C@@H]5C[C@]6(C)CCCC(=C)[C@@H]6C[C@H]45)[C@H]3C[C@H]12. The minimum Gasteiger partial charge on any atom is -0.462 e. The lowest BCUT2D eigenvalue weighted by atomic mass is 9.55. The zero-order valence-electron chi connectivity index (χ0n) is 22.0. The summed E-state index contributed by atoms with van der Waals surface area (Å²) in [5.41, 5.74) is 2.95. The van der Waals surface area contributed by atoms with Crippen LogP contribution >= 0.6 is 0 Å². The molecule has 0 unspecified atom stereocenters. The van der Waals surface area contributed by atoms with Crippen LogP contribution in [0.3, 0.4) is 0 Å². The minimum atomic E-state index is -0.361. The predicted octanol–water partition coefficient (Wildman–Crippen LogP) is 5.31. The largest absolute Gasteiger partial charge is 0.462 e. The molecule has 2 saturated heterocycles. The Hall–Kier alpha value is -1.66. The van der Waals surface area contributed by atoms with Crippen LogP contribution < -0.4 is 0 Å². The molecule has 10 atom stereocenters. The van der Waals surface area contributed by atoms with E-state index >= 15 is 0 Å². The third-order valence-electron chi connectivity index (χ3n) is 11.5. The molecule has 2 heterocycles. The van der Waals surface area contributed by atoms with Crippen molar-refractivity contribution in [2.45, 2.75) is 90.3 Å². The van der Waals surface area contributed by atoms with Crippen molar-refractivity contribution in [1.29, 1.82) is 0 Å². The molecule has 4 aliphatic carbocycles. The van der Waals surface area contributed by atoms with Gasteiger partial charge in [0.05, 0.1) is 11.8 Å². The molecule has 6 heteroatoms. The lowest BCUT2D eigenvalue weighted by Crippen LogP contribution is -2.47. The molecule has 0 amide bonds. The summed E-state index contributed by atoms with van der Waals surface area (Å²) in [5, 5.41) is 12.3. The number of rotatable bonds is 4. The maximum atomic E-state index is 12.9. The molecule has 4 saturated carbocycles. The van der Waals surface area contributed by atoms with E-state index in [1.807, 2.05) is 0 Å². The number of fused-ring (bicyclic) bond motifs is 4. The molecule has 0 spiro atoms. The number of carbonyl (C=O) groups is 2. The van der Waals surface area contributed by atoms with Crippen molar-refractivity contribution in [1.82, 2.24) is 5.06 Å². The van der Waals surface area contributed by atoms with Crippen molar-refractivity contribution < 1.29 is 24.3 Å².